The third-order valence-corrected chi connectivity index (χ3v) is 7.01. The quantitative estimate of drug-likeness (QED) is 0.668. The van der Waals surface area contributed by atoms with Gasteiger partial charge < -0.3 is 14.0 Å². The van der Waals surface area contributed by atoms with E-state index in [0.29, 0.717) is 23.9 Å². The molecule has 2 atom stereocenters. The number of nitrogens with zero attached hydrogens (tertiary/aromatic N) is 3. The van der Waals surface area contributed by atoms with E-state index >= 15 is 0 Å². The van der Waals surface area contributed by atoms with Crippen LogP contribution in [0.3, 0.4) is 0 Å². The van der Waals surface area contributed by atoms with Crippen LogP contribution in [0.2, 0.25) is 0 Å². The average Bonchev–Trinajstić information content (AvgIpc) is 2.81. The topological polar surface area (TPSA) is 64.0 Å². The van der Waals surface area contributed by atoms with Gasteiger partial charge in [-0.2, -0.15) is 0 Å². The first-order valence-electron chi connectivity index (χ1n) is 11.5. The smallest absolute Gasteiger partial charge is 0.337 e. The van der Waals surface area contributed by atoms with Crippen molar-refractivity contribution >= 4 is 5.97 Å². The van der Waals surface area contributed by atoms with Crippen LogP contribution < -0.4 is 5.56 Å². The zero-order valence-electron chi connectivity index (χ0n) is 18.7. The lowest BCUT2D eigenvalue weighted by Crippen LogP contribution is -2.47. The summed E-state index contributed by atoms with van der Waals surface area (Å²) in [5.74, 6) is 0.543. The summed E-state index contributed by atoms with van der Waals surface area (Å²) in [6.45, 7) is 7.47. The molecule has 32 heavy (non-hydrogen) atoms. The van der Waals surface area contributed by atoms with Gasteiger partial charge in [-0.25, -0.2) is 4.79 Å². The van der Waals surface area contributed by atoms with Crippen molar-refractivity contribution < 1.29 is 14.3 Å². The number of ether oxygens (including phenoxy) is 2. The molecule has 170 valence electrons. The number of rotatable bonds is 5. The number of benzene rings is 1. The number of esters is 1. The maximum atomic E-state index is 13.3. The molecule has 2 saturated heterocycles. The SMILES string of the molecule is COC(=O)c1cccc(CN2C[C@@H]3C[C@H](C2)c2ccc(CN4CCOCC4)c(=O)n2C3)c1. The summed E-state index contributed by atoms with van der Waals surface area (Å²) >= 11 is 0. The zero-order valence-corrected chi connectivity index (χ0v) is 18.7. The van der Waals surface area contributed by atoms with Crippen LogP contribution >= 0.6 is 0 Å². The van der Waals surface area contributed by atoms with Crippen LogP contribution in [0.25, 0.3) is 0 Å². The van der Waals surface area contributed by atoms with Gasteiger partial charge in [0.2, 0.25) is 0 Å². The zero-order chi connectivity index (χ0) is 22.1. The Morgan fingerprint density at radius 1 is 1.06 bits per heavy atom. The predicted molar refractivity (Wildman–Crippen MR) is 121 cm³/mol. The van der Waals surface area contributed by atoms with Crippen molar-refractivity contribution in [2.45, 2.75) is 32.0 Å². The Morgan fingerprint density at radius 3 is 2.72 bits per heavy atom. The van der Waals surface area contributed by atoms with Crippen molar-refractivity contribution in [1.82, 2.24) is 14.4 Å². The van der Waals surface area contributed by atoms with Crippen LogP contribution in [-0.2, 0) is 29.1 Å². The lowest BCUT2D eigenvalue weighted by molar-refractivity contribution is 0.0338. The Hall–Kier alpha value is -2.48. The number of hydrogen-bond donors (Lipinski definition) is 0. The second-order valence-electron chi connectivity index (χ2n) is 9.27. The number of carbonyl (C=O) groups excluding carboxylic acids is 1. The van der Waals surface area contributed by atoms with Gasteiger partial charge >= 0.3 is 5.97 Å². The van der Waals surface area contributed by atoms with E-state index in [4.69, 9.17) is 9.47 Å². The van der Waals surface area contributed by atoms with Gasteiger partial charge in [-0.05, 0) is 36.1 Å². The third kappa shape index (κ3) is 4.37. The number of fused-ring (bicyclic) bond motifs is 4. The van der Waals surface area contributed by atoms with E-state index < -0.39 is 0 Å². The van der Waals surface area contributed by atoms with Crippen molar-refractivity contribution in [2.75, 3.05) is 46.5 Å². The molecule has 3 aliphatic heterocycles. The Labute approximate surface area is 188 Å². The second-order valence-corrected chi connectivity index (χ2v) is 9.27. The van der Waals surface area contributed by atoms with Crippen LogP contribution in [-0.4, -0.2) is 66.8 Å². The Bertz CT molecular complexity index is 1040. The van der Waals surface area contributed by atoms with Crippen LogP contribution in [0.5, 0.6) is 0 Å². The Balaban J connectivity index is 1.31. The Kier molecular flexibility index (Phi) is 6.13. The molecule has 4 heterocycles. The van der Waals surface area contributed by atoms with E-state index in [9.17, 15) is 9.59 Å². The molecule has 2 fully saturated rings. The first-order valence-corrected chi connectivity index (χ1v) is 11.5. The largest absolute Gasteiger partial charge is 0.465 e. The van der Waals surface area contributed by atoms with Crippen LogP contribution in [0.4, 0.5) is 0 Å². The van der Waals surface area contributed by atoms with Gasteiger partial charge in [-0.1, -0.05) is 18.2 Å². The minimum absolute atomic E-state index is 0.183. The fourth-order valence-electron chi connectivity index (χ4n) is 5.51. The van der Waals surface area contributed by atoms with Crippen LogP contribution in [0, 0.1) is 5.92 Å². The number of carbonyl (C=O) groups is 1. The van der Waals surface area contributed by atoms with E-state index in [-0.39, 0.29) is 11.5 Å². The van der Waals surface area contributed by atoms with Crippen molar-refractivity contribution in [3.8, 4) is 0 Å². The first-order chi connectivity index (χ1) is 15.6. The molecule has 2 bridgehead atoms. The number of hydrogen-bond acceptors (Lipinski definition) is 6. The molecule has 0 amide bonds. The van der Waals surface area contributed by atoms with E-state index in [1.807, 2.05) is 22.8 Å². The molecule has 2 aromatic rings. The molecule has 0 aliphatic carbocycles. The fraction of sp³-hybridized carbons (Fsp3) is 0.520. The maximum absolute atomic E-state index is 13.3. The summed E-state index contributed by atoms with van der Waals surface area (Å²) in [6, 6.07) is 11.9. The molecule has 1 aromatic heterocycles. The number of likely N-dealkylation sites (tertiary alicyclic amines) is 1. The van der Waals surface area contributed by atoms with Crippen molar-refractivity contribution in [1.29, 1.82) is 0 Å². The lowest BCUT2D eigenvalue weighted by atomic mass is 9.82. The highest BCUT2D eigenvalue weighted by Gasteiger charge is 2.35. The summed E-state index contributed by atoms with van der Waals surface area (Å²) in [4.78, 5) is 29.9. The van der Waals surface area contributed by atoms with E-state index in [0.717, 1.165) is 70.0 Å². The molecule has 3 aliphatic rings. The van der Waals surface area contributed by atoms with E-state index in [1.54, 1.807) is 6.07 Å². The maximum Gasteiger partial charge on any atom is 0.337 e. The molecule has 7 nitrogen and oxygen atoms in total. The number of pyridine rings is 1. The van der Waals surface area contributed by atoms with Gasteiger partial charge in [0, 0.05) is 63.0 Å². The molecule has 0 radical (unpaired) electrons. The van der Waals surface area contributed by atoms with Gasteiger partial charge in [0.15, 0.2) is 0 Å². The number of piperidine rings is 1. The number of methoxy groups -OCH3 is 1. The van der Waals surface area contributed by atoms with Crippen molar-refractivity contribution in [3.63, 3.8) is 0 Å². The molecule has 0 saturated carbocycles. The third-order valence-electron chi connectivity index (χ3n) is 7.01. The highest BCUT2D eigenvalue weighted by Crippen LogP contribution is 2.35. The second kappa shape index (κ2) is 9.17. The molecule has 0 unspecified atom stereocenters. The summed E-state index contributed by atoms with van der Waals surface area (Å²) in [7, 11) is 1.41. The Morgan fingerprint density at radius 2 is 1.91 bits per heavy atom. The standard InChI is InChI=1S/C25H31N3O4/c1-31-25(30)20-4-2-3-18(11-20)13-27-14-19-12-22(17-27)23-6-5-21(24(29)28(23)15-19)16-26-7-9-32-10-8-26/h2-6,11,19,22H,7-10,12-17H2,1H3/t19-,22+/m0/s1. The fourth-order valence-corrected chi connectivity index (χ4v) is 5.51. The van der Waals surface area contributed by atoms with Crippen molar-refractivity contribution in [2.24, 2.45) is 5.92 Å². The summed E-state index contributed by atoms with van der Waals surface area (Å²) in [5, 5.41) is 0. The number of aromatic nitrogens is 1. The number of morpholine rings is 1. The molecular formula is C25H31N3O4. The van der Waals surface area contributed by atoms with Crippen LogP contribution in [0.1, 0.15) is 39.5 Å². The predicted octanol–water partition coefficient (Wildman–Crippen LogP) is 2.09. The lowest BCUT2D eigenvalue weighted by Gasteiger charge is -2.43. The van der Waals surface area contributed by atoms with Crippen molar-refractivity contribution in [3.05, 3.63) is 69.1 Å². The van der Waals surface area contributed by atoms with E-state index in [2.05, 4.69) is 21.9 Å². The summed E-state index contributed by atoms with van der Waals surface area (Å²) < 4.78 is 12.3. The van der Waals surface area contributed by atoms with E-state index in [1.165, 1.54) is 12.8 Å². The minimum atomic E-state index is -0.302. The average molecular weight is 438 g/mol. The molecule has 7 heteroatoms. The normalized spacial score (nSPS) is 23.5. The van der Waals surface area contributed by atoms with Crippen LogP contribution in [0.15, 0.2) is 41.2 Å². The molecule has 0 N–H and O–H groups in total. The van der Waals surface area contributed by atoms with Gasteiger partial charge in [-0.15, -0.1) is 0 Å². The molecular weight excluding hydrogens is 406 g/mol. The van der Waals surface area contributed by atoms with Gasteiger partial charge in [-0.3, -0.25) is 14.6 Å². The molecule has 5 rings (SSSR count). The minimum Gasteiger partial charge on any atom is -0.465 e. The van der Waals surface area contributed by atoms with Gasteiger partial charge in [0.25, 0.3) is 5.56 Å². The van der Waals surface area contributed by atoms with Gasteiger partial charge in [0.1, 0.15) is 0 Å². The first kappa shape index (κ1) is 21.4. The highest BCUT2D eigenvalue weighted by molar-refractivity contribution is 5.89. The summed E-state index contributed by atoms with van der Waals surface area (Å²) in [6.07, 6.45) is 1.14. The summed E-state index contributed by atoms with van der Waals surface area (Å²) in [5.41, 5.74) is 3.96. The highest BCUT2D eigenvalue weighted by atomic mass is 16.5. The molecule has 0 spiro atoms. The molecule has 1 aromatic carbocycles. The van der Waals surface area contributed by atoms with Gasteiger partial charge in [0.05, 0.1) is 25.9 Å². The monoisotopic (exact) mass is 437 g/mol.